The normalized spacial score (nSPS) is 10.7. The second kappa shape index (κ2) is 9.91. The van der Waals surface area contributed by atoms with Gasteiger partial charge in [0.2, 0.25) is 0 Å². The summed E-state index contributed by atoms with van der Waals surface area (Å²) in [5.74, 6) is 0.756. The number of rotatable bonds is 7. The standard InChI is InChI=1S/C21H17Cl2N3O3/c1-28-20-10-14(12-25-26-21(27)15-6-8-24-9-7-15)2-5-19(20)29-13-16-3-4-17(22)11-18(16)23/h2-12H,13H2,1H3,(H,26,27)/b25-12+. The Kier molecular flexibility index (Phi) is 7.05. The molecule has 148 valence electrons. The van der Waals surface area contributed by atoms with E-state index in [1.54, 1.807) is 62.0 Å². The number of nitrogens with one attached hydrogen (secondary N) is 1. The number of halogens is 2. The molecule has 29 heavy (non-hydrogen) atoms. The first-order valence-electron chi connectivity index (χ1n) is 8.55. The first-order chi connectivity index (χ1) is 14.1. The molecule has 0 aliphatic carbocycles. The Hall–Kier alpha value is -3.09. The van der Waals surface area contributed by atoms with E-state index in [1.807, 2.05) is 6.07 Å². The van der Waals surface area contributed by atoms with Crippen LogP contribution < -0.4 is 14.9 Å². The third kappa shape index (κ3) is 5.70. The summed E-state index contributed by atoms with van der Waals surface area (Å²) >= 11 is 12.1. The average Bonchev–Trinajstić information content (AvgIpc) is 2.74. The molecule has 0 saturated carbocycles. The number of methoxy groups -OCH3 is 1. The summed E-state index contributed by atoms with van der Waals surface area (Å²) in [6, 6.07) is 13.7. The van der Waals surface area contributed by atoms with Crippen molar-refractivity contribution in [2.45, 2.75) is 6.61 Å². The van der Waals surface area contributed by atoms with Crippen LogP contribution in [0.3, 0.4) is 0 Å². The predicted octanol–water partition coefficient (Wildman–Crippen LogP) is 4.74. The monoisotopic (exact) mass is 429 g/mol. The predicted molar refractivity (Wildman–Crippen MR) is 113 cm³/mol. The molecule has 3 rings (SSSR count). The van der Waals surface area contributed by atoms with Crippen molar-refractivity contribution in [3.63, 3.8) is 0 Å². The second-order valence-corrected chi connectivity index (χ2v) is 6.71. The Morgan fingerprint density at radius 2 is 1.90 bits per heavy atom. The van der Waals surface area contributed by atoms with Gasteiger partial charge in [-0.2, -0.15) is 5.10 Å². The van der Waals surface area contributed by atoms with E-state index in [2.05, 4.69) is 15.5 Å². The van der Waals surface area contributed by atoms with Gasteiger partial charge in [-0.15, -0.1) is 0 Å². The van der Waals surface area contributed by atoms with Crippen LogP contribution in [0.15, 0.2) is 66.0 Å². The van der Waals surface area contributed by atoms with E-state index < -0.39 is 0 Å². The van der Waals surface area contributed by atoms with Gasteiger partial charge >= 0.3 is 0 Å². The number of carbonyl (C=O) groups excluding carboxylic acids is 1. The molecule has 0 unspecified atom stereocenters. The molecule has 1 N–H and O–H groups in total. The van der Waals surface area contributed by atoms with Crippen molar-refractivity contribution in [3.8, 4) is 11.5 Å². The molecule has 6 nitrogen and oxygen atoms in total. The molecule has 0 spiro atoms. The Bertz CT molecular complexity index is 1030. The van der Waals surface area contributed by atoms with Crippen molar-refractivity contribution in [2.24, 2.45) is 5.10 Å². The molecular weight excluding hydrogens is 413 g/mol. The maximum absolute atomic E-state index is 12.0. The summed E-state index contributed by atoms with van der Waals surface area (Å²) in [7, 11) is 1.55. The number of pyridine rings is 1. The first kappa shape index (κ1) is 20.6. The minimum absolute atomic E-state index is 0.266. The highest BCUT2D eigenvalue weighted by molar-refractivity contribution is 6.35. The van der Waals surface area contributed by atoms with Crippen LogP contribution in [-0.2, 0) is 6.61 Å². The minimum atomic E-state index is -0.324. The zero-order chi connectivity index (χ0) is 20.6. The van der Waals surface area contributed by atoms with Gasteiger partial charge in [-0.25, -0.2) is 5.43 Å². The van der Waals surface area contributed by atoms with Gasteiger partial charge in [0, 0.05) is 33.6 Å². The molecule has 3 aromatic rings. The maximum Gasteiger partial charge on any atom is 0.271 e. The molecule has 0 radical (unpaired) electrons. The fourth-order valence-electron chi connectivity index (χ4n) is 2.41. The Morgan fingerprint density at radius 1 is 1.10 bits per heavy atom. The molecule has 0 bridgehead atoms. The number of ether oxygens (including phenoxy) is 2. The van der Waals surface area contributed by atoms with Gasteiger partial charge in [-0.1, -0.05) is 29.3 Å². The van der Waals surface area contributed by atoms with Gasteiger partial charge in [0.25, 0.3) is 5.91 Å². The summed E-state index contributed by atoms with van der Waals surface area (Å²) in [4.78, 5) is 15.8. The molecule has 0 atom stereocenters. The summed E-state index contributed by atoms with van der Waals surface area (Å²) in [6.07, 6.45) is 4.60. The molecule has 0 fully saturated rings. The lowest BCUT2D eigenvalue weighted by molar-refractivity contribution is 0.0955. The Balaban J connectivity index is 1.64. The van der Waals surface area contributed by atoms with Crippen LogP contribution in [0.2, 0.25) is 10.0 Å². The average molecular weight is 430 g/mol. The molecule has 0 saturated heterocycles. The molecule has 0 aliphatic rings. The van der Waals surface area contributed by atoms with Crippen LogP contribution in [-0.4, -0.2) is 24.2 Å². The van der Waals surface area contributed by atoms with E-state index >= 15 is 0 Å². The van der Waals surface area contributed by atoms with Crippen LogP contribution in [0.4, 0.5) is 0 Å². The second-order valence-electron chi connectivity index (χ2n) is 5.87. The fraction of sp³-hybridized carbons (Fsp3) is 0.0952. The van der Waals surface area contributed by atoms with Crippen LogP contribution in [0.25, 0.3) is 0 Å². The molecule has 1 amide bonds. The van der Waals surface area contributed by atoms with Crippen molar-refractivity contribution in [1.82, 2.24) is 10.4 Å². The van der Waals surface area contributed by atoms with Gasteiger partial charge in [-0.3, -0.25) is 9.78 Å². The van der Waals surface area contributed by atoms with Crippen molar-refractivity contribution < 1.29 is 14.3 Å². The number of aromatic nitrogens is 1. The van der Waals surface area contributed by atoms with Gasteiger partial charge in [0.15, 0.2) is 11.5 Å². The van der Waals surface area contributed by atoms with Gasteiger partial charge < -0.3 is 9.47 Å². The number of nitrogens with zero attached hydrogens (tertiary/aromatic N) is 2. The summed E-state index contributed by atoms with van der Waals surface area (Å²) in [6.45, 7) is 0.266. The summed E-state index contributed by atoms with van der Waals surface area (Å²) < 4.78 is 11.2. The molecule has 1 aromatic heterocycles. The molecular formula is C21H17Cl2N3O3. The Morgan fingerprint density at radius 3 is 2.62 bits per heavy atom. The van der Waals surface area contributed by atoms with E-state index in [1.165, 1.54) is 6.21 Å². The third-order valence-corrected chi connectivity index (χ3v) is 4.50. The van der Waals surface area contributed by atoms with E-state index in [9.17, 15) is 4.79 Å². The maximum atomic E-state index is 12.0. The van der Waals surface area contributed by atoms with Gasteiger partial charge in [0.05, 0.1) is 13.3 Å². The lowest BCUT2D eigenvalue weighted by Gasteiger charge is -2.12. The minimum Gasteiger partial charge on any atom is -0.493 e. The highest BCUT2D eigenvalue weighted by atomic mass is 35.5. The van der Waals surface area contributed by atoms with E-state index in [4.69, 9.17) is 32.7 Å². The molecule has 8 heteroatoms. The van der Waals surface area contributed by atoms with Crippen LogP contribution in [0.5, 0.6) is 11.5 Å². The van der Waals surface area contributed by atoms with Gasteiger partial charge in [0.1, 0.15) is 6.61 Å². The number of amides is 1. The van der Waals surface area contributed by atoms with Crippen LogP contribution >= 0.6 is 23.2 Å². The smallest absolute Gasteiger partial charge is 0.271 e. The third-order valence-electron chi connectivity index (χ3n) is 3.91. The van der Waals surface area contributed by atoms with Crippen molar-refractivity contribution in [2.75, 3.05) is 7.11 Å². The van der Waals surface area contributed by atoms with Gasteiger partial charge in [-0.05, 0) is 48.0 Å². The van der Waals surface area contributed by atoms with Crippen molar-refractivity contribution in [1.29, 1.82) is 0 Å². The van der Waals surface area contributed by atoms with E-state index in [0.717, 1.165) is 11.1 Å². The zero-order valence-corrected chi connectivity index (χ0v) is 16.9. The molecule has 1 heterocycles. The summed E-state index contributed by atoms with van der Waals surface area (Å²) in [5, 5.41) is 5.06. The molecule has 0 aliphatic heterocycles. The van der Waals surface area contributed by atoms with Crippen molar-refractivity contribution >= 4 is 35.3 Å². The number of hydrogen-bond donors (Lipinski definition) is 1. The number of carbonyl (C=O) groups is 1. The quantitative estimate of drug-likeness (QED) is 0.434. The highest BCUT2D eigenvalue weighted by Gasteiger charge is 2.08. The van der Waals surface area contributed by atoms with Crippen LogP contribution in [0.1, 0.15) is 21.5 Å². The lowest BCUT2D eigenvalue weighted by Crippen LogP contribution is -2.17. The number of benzene rings is 2. The van der Waals surface area contributed by atoms with Crippen LogP contribution in [0, 0.1) is 0 Å². The zero-order valence-electron chi connectivity index (χ0n) is 15.4. The fourth-order valence-corrected chi connectivity index (χ4v) is 2.87. The SMILES string of the molecule is COc1cc(/C=N/NC(=O)c2ccncc2)ccc1OCc1ccc(Cl)cc1Cl. The number of hydrogen-bond acceptors (Lipinski definition) is 5. The largest absolute Gasteiger partial charge is 0.493 e. The Labute approximate surface area is 178 Å². The summed E-state index contributed by atoms with van der Waals surface area (Å²) in [5.41, 5.74) is 4.47. The van der Waals surface area contributed by atoms with E-state index in [0.29, 0.717) is 27.1 Å². The highest BCUT2D eigenvalue weighted by Crippen LogP contribution is 2.29. The topological polar surface area (TPSA) is 72.8 Å². The van der Waals surface area contributed by atoms with Crippen molar-refractivity contribution in [3.05, 3.63) is 87.7 Å². The first-order valence-corrected chi connectivity index (χ1v) is 9.30. The molecule has 2 aromatic carbocycles. The number of hydrazone groups is 1. The van der Waals surface area contributed by atoms with E-state index in [-0.39, 0.29) is 12.5 Å². The lowest BCUT2D eigenvalue weighted by atomic mass is 10.2.